The number of thiazole rings is 1. The highest BCUT2D eigenvalue weighted by Gasteiger charge is 2.13. The largest absolute Gasteiger partial charge is 0.295 e. The molecule has 0 bridgehead atoms. The highest BCUT2D eigenvalue weighted by atomic mass is 32.2. The van der Waals surface area contributed by atoms with Crippen molar-refractivity contribution in [2.24, 2.45) is 0 Å². The maximum Gasteiger partial charge on any atom is 0.258 e. The molecule has 5 nitrogen and oxygen atoms in total. The molecule has 27 heavy (non-hydrogen) atoms. The summed E-state index contributed by atoms with van der Waals surface area (Å²) >= 11 is 3.08. The third-order valence-electron chi connectivity index (χ3n) is 4.40. The second-order valence-electron chi connectivity index (χ2n) is 6.66. The average Bonchev–Trinajstić information content (AvgIpc) is 3.27. The Labute approximate surface area is 165 Å². The summed E-state index contributed by atoms with van der Waals surface area (Å²) in [6, 6.07) is 10.0. The van der Waals surface area contributed by atoms with Crippen LogP contribution in [0, 0.1) is 6.92 Å². The van der Waals surface area contributed by atoms with Crippen LogP contribution in [0.1, 0.15) is 36.7 Å². The van der Waals surface area contributed by atoms with Crippen molar-refractivity contribution < 1.29 is 0 Å². The van der Waals surface area contributed by atoms with E-state index in [1.54, 1.807) is 22.2 Å². The second kappa shape index (κ2) is 7.32. The number of benzene rings is 1. The Morgan fingerprint density at radius 3 is 2.89 bits per heavy atom. The van der Waals surface area contributed by atoms with Gasteiger partial charge in [-0.05, 0) is 24.5 Å². The molecule has 0 fully saturated rings. The Hall–Kier alpha value is -2.38. The van der Waals surface area contributed by atoms with Crippen molar-refractivity contribution in [3.63, 3.8) is 0 Å². The van der Waals surface area contributed by atoms with Gasteiger partial charge in [0.1, 0.15) is 0 Å². The molecular formula is C20H20N4OS2. The van der Waals surface area contributed by atoms with Gasteiger partial charge in [0.15, 0.2) is 10.1 Å². The first-order valence-electron chi connectivity index (χ1n) is 8.77. The highest BCUT2D eigenvalue weighted by Crippen LogP contribution is 2.28. The minimum atomic E-state index is -0.0251. The number of para-hydroxylation sites is 1. The van der Waals surface area contributed by atoms with Crippen molar-refractivity contribution >= 4 is 28.1 Å². The van der Waals surface area contributed by atoms with E-state index in [2.05, 4.69) is 46.6 Å². The molecule has 0 atom stereocenters. The number of nitrogens with zero attached hydrogens (tertiary/aromatic N) is 4. The normalized spacial score (nSPS) is 11.6. The van der Waals surface area contributed by atoms with Gasteiger partial charge in [0.2, 0.25) is 0 Å². The van der Waals surface area contributed by atoms with Gasteiger partial charge in [0, 0.05) is 35.3 Å². The van der Waals surface area contributed by atoms with Crippen LogP contribution in [0.15, 0.2) is 58.1 Å². The summed E-state index contributed by atoms with van der Waals surface area (Å²) in [4.78, 5) is 22.2. The maximum absolute atomic E-state index is 12.4. The van der Waals surface area contributed by atoms with Gasteiger partial charge in [-0.1, -0.05) is 43.8 Å². The molecule has 0 N–H and O–H groups in total. The summed E-state index contributed by atoms with van der Waals surface area (Å²) in [5.41, 5.74) is 4.10. The summed E-state index contributed by atoms with van der Waals surface area (Å²) in [6.45, 7) is 6.31. The van der Waals surface area contributed by atoms with E-state index in [-0.39, 0.29) is 5.56 Å². The minimum absolute atomic E-state index is 0.0251. The third-order valence-corrected chi connectivity index (χ3v) is 6.35. The summed E-state index contributed by atoms with van der Waals surface area (Å²) in [6.07, 6.45) is 3.80. The van der Waals surface area contributed by atoms with Crippen molar-refractivity contribution in [3.05, 3.63) is 75.4 Å². The minimum Gasteiger partial charge on any atom is -0.295 e. The molecule has 0 amide bonds. The molecule has 138 valence electrons. The monoisotopic (exact) mass is 396 g/mol. The summed E-state index contributed by atoms with van der Waals surface area (Å²) in [7, 11) is 0. The third kappa shape index (κ3) is 3.44. The summed E-state index contributed by atoms with van der Waals surface area (Å²) < 4.78 is 3.76. The Morgan fingerprint density at radius 1 is 1.26 bits per heavy atom. The van der Waals surface area contributed by atoms with E-state index in [0.29, 0.717) is 11.7 Å². The van der Waals surface area contributed by atoms with E-state index >= 15 is 0 Å². The summed E-state index contributed by atoms with van der Waals surface area (Å²) in [5.74, 6) is 1.02. The van der Waals surface area contributed by atoms with Crippen molar-refractivity contribution in [1.29, 1.82) is 0 Å². The van der Waals surface area contributed by atoms with Gasteiger partial charge < -0.3 is 0 Å². The standard InChI is InChI=1S/C20H20N4OS2/c1-13(2)16-6-4-5-7-17(16)23-9-8-21-19(23)27-12-15-10-18(25)24-14(3)11-26-20(24)22-15/h4-11,13H,12H2,1-3H3. The van der Waals surface area contributed by atoms with Crippen LogP contribution in [0.25, 0.3) is 10.6 Å². The van der Waals surface area contributed by atoms with Gasteiger partial charge in [-0.3, -0.25) is 13.8 Å². The lowest BCUT2D eigenvalue weighted by molar-refractivity contribution is 0.817. The van der Waals surface area contributed by atoms with E-state index in [1.165, 1.54) is 16.9 Å². The van der Waals surface area contributed by atoms with Crippen LogP contribution in [0.2, 0.25) is 0 Å². The fraction of sp³-hybridized carbons (Fsp3) is 0.250. The fourth-order valence-electron chi connectivity index (χ4n) is 3.09. The van der Waals surface area contributed by atoms with E-state index in [9.17, 15) is 4.79 Å². The Bertz CT molecular complexity index is 1160. The zero-order valence-electron chi connectivity index (χ0n) is 15.4. The van der Waals surface area contributed by atoms with Gasteiger partial charge >= 0.3 is 0 Å². The van der Waals surface area contributed by atoms with E-state index < -0.39 is 0 Å². The van der Waals surface area contributed by atoms with Crippen molar-refractivity contribution in [3.8, 4) is 5.69 Å². The fourth-order valence-corrected chi connectivity index (χ4v) is 4.84. The molecular weight excluding hydrogens is 376 g/mol. The van der Waals surface area contributed by atoms with Crippen LogP contribution in [0.4, 0.5) is 0 Å². The SMILES string of the molecule is Cc1csc2nc(CSc3nccn3-c3ccccc3C(C)C)cc(=O)n12. The average molecular weight is 397 g/mol. The molecule has 0 saturated heterocycles. The van der Waals surface area contributed by atoms with Gasteiger partial charge in [-0.25, -0.2) is 9.97 Å². The predicted octanol–water partition coefficient (Wildman–Crippen LogP) is 4.67. The highest BCUT2D eigenvalue weighted by molar-refractivity contribution is 7.98. The van der Waals surface area contributed by atoms with E-state index in [4.69, 9.17) is 0 Å². The molecule has 0 saturated carbocycles. The first-order chi connectivity index (χ1) is 13.0. The van der Waals surface area contributed by atoms with Crippen LogP contribution < -0.4 is 5.56 Å². The molecule has 7 heteroatoms. The molecule has 4 rings (SSSR count). The molecule has 0 unspecified atom stereocenters. The lowest BCUT2D eigenvalue weighted by atomic mass is 10.0. The first kappa shape index (κ1) is 18.0. The molecule has 0 radical (unpaired) electrons. The molecule has 3 aromatic heterocycles. The van der Waals surface area contributed by atoms with Crippen LogP contribution >= 0.6 is 23.1 Å². The molecule has 1 aromatic carbocycles. The lowest BCUT2D eigenvalue weighted by Gasteiger charge is -2.15. The molecule has 0 aliphatic heterocycles. The molecule has 0 aliphatic rings. The zero-order valence-corrected chi connectivity index (χ0v) is 17.0. The van der Waals surface area contributed by atoms with Crippen LogP contribution in [0.5, 0.6) is 0 Å². The van der Waals surface area contributed by atoms with Crippen molar-refractivity contribution in [2.45, 2.75) is 37.6 Å². The number of fused-ring (bicyclic) bond motifs is 1. The smallest absolute Gasteiger partial charge is 0.258 e. The zero-order chi connectivity index (χ0) is 19.0. The number of aryl methyl sites for hydroxylation is 1. The first-order valence-corrected chi connectivity index (χ1v) is 10.6. The number of aromatic nitrogens is 4. The van der Waals surface area contributed by atoms with Crippen LogP contribution in [0.3, 0.4) is 0 Å². The number of thioether (sulfide) groups is 1. The number of hydrogen-bond donors (Lipinski definition) is 0. The van der Waals surface area contributed by atoms with Crippen LogP contribution in [-0.4, -0.2) is 18.9 Å². The van der Waals surface area contributed by atoms with E-state index in [0.717, 1.165) is 27.2 Å². The van der Waals surface area contributed by atoms with E-state index in [1.807, 2.05) is 30.8 Å². The molecule has 0 aliphatic carbocycles. The predicted molar refractivity (Wildman–Crippen MR) is 111 cm³/mol. The van der Waals surface area contributed by atoms with Gasteiger partial charge in [0.05, 0.1) is 11.4 Å². The number of hydrogen-bond acceptors (Lipinski definition) is 5. The summed E-state index contributed by atoms with van der Waals surface area (Å²) in [5, 5.41) is 2.85. The maximum atomic E-state index is 12.4. The second-order valence-corrected chi connectivity index (χ2v) is 8.44. The van der Waals surface area contributed by atoms with Crippen molar-refractivity contribution in [2.75, 3.05) is 0 Å². The molecule has 3 heterocycles. The Kier molecular flexibility index (Phi) is 4.88. The molecule has 4 aromatic rings. The number of imidazole rings is 1. The number of rotatable bonds is 5. The lowest BCUT2D eigenvalue weighted by Crippen LogP contribution is -2.14. The van der Waals surface area contributed by atoms with Gasteiger partial charge in [-0.15, -0.1) is 11.3 Å². The molecule has 0 spiro atoms. The quantitative estimate of drug-likeness (QED) is 0.460. The topological polar surface area (TPSA) is 52.2 Å². The Morgan fingerprint density at radius 2 is 2.07 bits per heavy atom. The van der Waals surface area contributed by atoms with Crippen LogP contribution in [-0.2, 0) is 5.75 Å². The van der Waals surface area contributed by atoms with Crippen molar-refractivity contribution in [1.82, 2.24) is 18.9 Å². The van der Waals surface area contributed by atoms with Gasteiger partial charge in [-0.2, -0.15) is 0 Å². The Balaban J connectivity index is 1.63. The van der Waals surface area contributed by atoms with Gasteiger partial charge in [0.25, 0.3) is 5.56 Å².